The van der Waals surface area contributed by atoms with E-state index in [0.717, 1.165) is 24.2 Å². The molecule has 2 bridgehead atoms. The van der Waals surface area contributed by atoms with Crippen LogP contribution in [0.15, 0.2) is 0 Å². The molecular weight excluding hydrogens is 222 g/mol. The van der Waals surface area contributed by atoms with E-state index in [0.29, 0.717) is 0 Å². The van der Waals surface area contributed by atoms with Gasteiger partial charge in [-0.25, -0.2) is 0 Å². The van der Waals surface area contributed by atoms with Gasteiger partial charge in [-0.2, -0.15) is 0 Å². The first kappa shape index (κ1) is 12.9. The van der Waals surface area contributed by atoms with Gasteiger partial charge in [-0.3, -0.25) is 4.90 Å². The molecule has 0 aliphatic carbocycles. The van der Waals surface area contributed by atoms with E-state index in [2.05, 4.69) is 29.1 Å². The standard InChI is InChI=1S/C15H29N3/c1-3-18(14-5-4-8-17(2)11-14)15-9-12-6-7-13(10-15)16-12/h12-16H,3-11H2,1-2H3. The largest absolute Gasteiger partial charge is 0.311 e. The number of hydrogen-bond acceptors (Lipinski definition) is 3. The third-order valence-electron chi connectivity index (χ3n) is 5.35. The molecule has 3 heterocycles. The Labute approximate surface area is 112 Å². The number of hydrogen-bond donors (Lipinski definition) is 1. The molecule has 1 N–H and O–H groups in total. The fraction of sp³-hybridized carbons (Fsp3) is 1.00. The first-order valence-electron chi connectivity index (χ1n) is 7.96. The second-order valence-corrected chi connectivity index (χ2v) is 6.65. The molecule has 3 fully saturated rings. The summed E-state index contributed by atoms with van der Waals surface area (Å²) >= 11 is 0. The summed E-state index contributed by atoms with van der Waals surface area (Å²) in [5.41, 5.74) is 0. The van der Waals surface area contributed by atoms with Crippen LogP contribution in [0.3, 0.4) is 0 Å². The van der Waals surface area contributed by atoms with Gasteiger partial charge in [0.2, 0.25) is 0 Å². The highest BCUT2D eigenvalue weighted by Crippen LogP contribution is 2.31. The zero-order chi connectivity index (χ0) is 12.5. The van der Waals surface area contributed by atoms with E-state index in [-0.39, 0.29) is 0 Å². The number of likely N-dealkylation sites (tertiary alicyclic amines) is 1. The van der Waals surface area contributed by atoms with Crippen LogP contribution in [0.1, 0.15) is 45.4 Å². The van der Waals surface area contributed by atoms with Crippen LogP contribution in [0.5, 0.6) is 0 Å². The van der Waals surface area contributed by atoms with Crippen LogP contribution in [-0.2, 0) is 0 Å². The molecule has 3 aliphatic heterocycles. The van der Waals surface area contributed by atoms with E-state index in [9.17, 15) is 0 Å². The maximum Gasteiger partial charge on any atom is 0.0226 e. The molecule has 3 heteroatoms. The van der Waals surface area contributed by atoms with Crippen molar-refractivity contribution in [3.05, 3.63) is 0 Å². The van der Waals surface area contributed by atoms with Gasteiger partial charge in [-0.1, -0.05) is 6.92 Å². The van der Waals surface area contributed by atoms with Gasteiger partial charge in [0.1, 0.15) is 0 Å². The summed E-state index contributed by atoms with van der Waals surface area (Å²) in [5.74, 6) is 0. The van der Waals surface area contributed by atoms with Crippen LogP contribution in [0, 0.1) is 0 Å². The summed E-state index contributed by atoms with van der Waals surface area (Å²) < 4.78 is 0. The first-order valence-corrected chi connectivity index (χ1v) is 7.96. The zero-order valence-corrected chi connectivity index (χ0v) is 12.1. The van der Waals surface area contributed by atoms with Crippen molar-refractivity contribution in [1.82, 2.24) is 15.1 Å². The Balaban J connectivity index is 1.64. The van der Waals surface area contributed by atoms with Crippen molar-refractivity contribution in [1.29, 1.82) is 0 Å². The predicted octanol–water partition coefficient (Wildman–Crippen LogP) is 1.69. The summed E-state index contributed by atoms with van der Waals surface area (Å²) in [6.07, 6.45) is 8.43. The molecular formula is C15H29N3. The second-order valence-electron chi connectivity index (χ2n) is 6.65. The number of nitrogens with zero attached hydrogens (tertiary/aromatic N) is 2. The summed E-state index contributed by atoms with van der Waals surface area (Å²) in [4.78, 5) is 5.36. The van der Waals surface area contributed by atoms with Gasteiger partial charge in [-0.15, -0.1) is 0 Å². The lowest BCUT2D eigenvalue weighted by Crippen LogP contribution is -2.55. The Kier molecular flexibility index (Phi) is 3.92. The molecule has 3 nitrogen and oxygen atoms in total. The Hall–Kier alpha value is -0.120. The number of piperidine rings is 2. The minimum atomic E-state index is 0.816. The lowest BCUT2D eigenvalue weighted by atomic mass is 9.94. The number of nitrogens with one attached hydrogen (secondary N) is 1. The average Bonchev–Trinajstić information content (AvgIpc) is 2.70. The fourth-order valence-corrected chi connectivity index (χ4v) is 4.52. The van der Waals surface area contributed by atoms with E-state index in [1.165, 1.54) is 58.2 Å². The quantitative estimate of drug-likeness (QED) is 0.823. The smallest absolute Gasteiger partial charge is 0.0226 e. The maximum absolute atomic E-state index is 3.77. The molecule has 3 atom stereocenters. The molecule has 0 aromatic rings. The fourth-order valence-electron chi connectivity index (χ4n) is 4.52. The second kappa shape index (κ2) is 5.48. The van der Waals surface area contributed by atoms with Crippen molar-refractivity contribution in [2.24, 2.45) is 0 Å². The summed E-state index contributed by atoms with van der Waals surface area (Å²) in [7, 11) is 2.28. The van der Waals surface area contributed by atoms with Crippen LogP contribution in [0.2, 0.25) is 0 Å². The van der Waals surface area contributed by atoms with Gasteiger partial charge in [-0.05, 0) is 58.7 Å². The van der Waals surface area contributed by atoms with Crippen LogP contribution < -0.4 is 5.32 Å². The minimum absolute atomic E-state index is 0.816. The van der Waals surface area contributed by atoms with Crippen LogP contribution in [-0.4, -0.2) is 60.6 Å². The van der Waals surface area contributed by atoms with E-state index < -0.39 is 0 Å². The van der Waals surface area contributed by atoms with E-state index >= 15 is 0 Å². The minimum Gasteiger partial charge on any atom is -0.311 e. The lowest BCUT2D eigenvalue weighted by molar-refractivity contribution is 0.0563. The summed E-state index contributed by atoms with van der Waals surface area (Å²) in [6.45, 7) is 6.18. The highest BCUT2D eigenvalue weighted by atomic mass is 15.2. The summed E-state index contributed by atoms with van der Waals surface area (Å²) in [5, 5.41) is 3.77. The van der Waals surface area contributed by atoms with Gasteiger partial charge in [0.15, 0.2) is 0 Å². The number of likely N-dealkylation sites (N-methyl/N-ethyl adjacent to an activating group) is 2. The molecule has 104 valence electrons. The molecule has 3 unspecified atom stereocenters. The Bertz CT molecular complexity index is 269. The molecule has 0 spiro atoms. The highest BCUT2D eigenvalue weighted by Gasteiger charge is 2.38. The van der Waals surface area contributed by atoms with Crippen molar-refractivity contribution in [3.8, 4) is 0 Å². The molecule has 0 saturated carbocycles. The molecule has 18 heavy (non-hydrogen) atoms. The van der Waals surface area contributed by atoms with E-state index in [1.807, 2.05) is 0 Å². The normalized spacial score (nSPS) is 41.5. The highest BCUT2D eigenvalue weighted by molar-refractivity contribution is 4.97. The molecule has 0 aromatic carbocycles. The Morgan fingerprint density at radius 3 is 2.44 bits per heavy atom. The van der Waals surface area contributed by atoms with Crippen molar-refractivity contribution in [2.45, 2.75) is 69.6 Å². The lowest BCUT2D eigenvalue weighted by Gasteiger charge is -2.44. The third-order valence-corrected chi connectivity index (χ3v) is 5.35. The van der Waals surface area contributed by atoms with Crippen LogP contribution >= 0.6 is 0 Å². The Morgan fingerprint density at radius 1 is 1.11 bits per heavy atom. The van der Waals surface area contributed by atoms with Crippen molar-refractivity contribution in [2.75, 3.05) is 26.7 Å². The number of rotatable bonds is 3. The van der Waals surface area contributed by atoms with E-state index in [1.54, 1.807) is 0 Å². The molecule has 3 saturated heterocycles. The van der Waals surface area contributed by atoms with Crippen LogP contribution in [0.4, 0.5) is 0 Å². The first-order chi connectivity index (χ1) is 8.76. The van der Waals surface area contributed by atoms with Gasteiger partial charge < -0.3 is 10.2 Å². The predicted molar refractivity (Wildman–Crippen MR) is 75.9 cm³/mol. The Morgan fingerprint density at radius 2 is 1.83 bits per heavy atom. The van der Waals surface area contributed by atoms with Crippen molar-refractivity contribution in [3.63, 3.8) is 0 Å². The molecule has 3 aliphatic rings. The zero-order valence-electron chi connectivity index (χ0n) is 12.1. The topological polar surface area (TPSA) is 18.5 Å². The molecule has 3 rings (SSSR count). The van der Waals surface area contributed by atoms with Gasteiger partial charge in [0, 0.05) is 30.7 Å². The SMILES string of the molecule is CCN(C1CC2CCC(C1)N2)C1CCCN(C)C1. The van der Waals surface area contributed by atoms with Gasteiger partial charge >= 0.3 is 0 Å². The van der Waals surface area contributed by atoms with Crippen molar-refractivity contribution >= 4 is 0 Å². The third kappa shape index (κ3) is 2.59. The maximum atomic E-state index is 3.77. The average molecular weight is 251 g/mol. The van der Waals surface area contributed by atoms with Crippen molar-refractivity contribution < 1.29 is 0 Å². The molecule has 0 radical (unpaired) electrons. The molecule has 0 amide bonds. The monoisotopic (exact) mass is 251 g/mol. The van der Waals surface area contributed by atoms with Gasteiger partial charge in [0.05, 0.1) is 0 Å². The number of fused-ring (bicyclic) bond motifs is 2. The summed E-state index contributed by atoms with van der Waals surface area (Å²) in [6, 6.07) is 3.31. The van der Waals surface area contributed by atoms with Gasteiger partial charge in [0.25, 0.3) is 0 Å². The van der Waals surface area contributed by atoms with Crippen LogP contribution in [0.25, 0.3) is 0 Å². The van der Waals surface area contributed by atoms with E-state index in [4.69, 9.17) is 0 Å². The molecule has 0 aromatic heterocycles.